The molecule has 2 aromatic rings. The third-order valence-corrected chi connectivity index (χ3v) is 3.09. The lowest BCUT2D eigenvalue weighted by Crippen LogP contribution is -2.21. The summed E-state index contributed by atoms with van der Waals surface area (Å²) in [4.78, 5) is 23.9. The molecule has 25 heavy (non-hydrogen) atoms. The monoisotopic (exact) mass is 347 g/mol. The zero-order valence-electron chi connectivity index (χ0n) is 14.4. The number of nitrogens with one attached hydrogen (secondary N) is 2. The molecule has 0 saturated carbocycles. The molecule has 1 aromatic heterocycles. The largest absolute Gasteiger partial charge is 0.490 e. The molecule has 8 nitrogen and oxygen atoms in total. The van der Waals surface area contributed by atoms with Crippen LogP contribution in [0.25, 0.3) is 0 Å². The predicted molar refractivity (Wildman–Crippen MR) is 91.0 cm³/mol. The van der Waals surface area contributed by atoms with Crippen molar-refractivity contribution in [1.82, 2.24) is 10.2 Å². The van der Waals surface area contributed by atoms with Crippen LogP contribution in [0.2, 0.25) is 0 Å². The Morgan fingerprint density at radius 3 is 2.48 bits per heavy atom. The Morgan fingerprint density at radius 1 is 1.12 bits per heavy atom. The van der Waals surface area contributed by atoms with E-state index < -0.39 is 18.5 Å². The minimum absolute atomic E-state index is 0.273. The van der Waals surface area contributed by atoms with Gasteiger partial charge >= 0.3 is 5.97 Å². The highest BCUT2D eigenvalue weighted by molar-refractivity contribution is 5.95. The first-order valence-corrected chi connectivity index (χ1v) is 7.92. The quantitative estimate of drug-likeness (QED) is 0.711. The normalized spacial score (nSPS) is 10.2. The van der Waals surface area contributed by atoms with Gasteiger partial charge in [-0.05, 0) is 39.0 Å². The number of aromatic nitrogens is 2. The second-order valence-electron chi connectivity index (χ2n) is 5.09. The molecule has 0 spiro atoms. The van der Waals surface area contributed by atoms with Crippen LogP contribution in [-0.4, -0.2) is 41.9 Å². The molecule has 0 radical (unpaired) electrons. The van der Waals surface area contributed by atoms with Crippen LogP contribution < -0.4 is 14.8 Å². The maximum absolute atomic E-state index is 12.1. The number of hydrogen-bond donors (Lipinski definition) is 2. The Balaban J connectivity index is 1.95. The fourth-order valence-electron chi connectivity index (χ4n) is 2.05. The van der Waals surface area contributed by atoms with Crippen LogP contribution in [0.1, 0.15) is 29.9 Å². The van der Waals surface area contributed by atoms with Crippen molar-refractivity contribution < 1.29 is 23.8 Å². The Kier molecular flexibility index (Phi) is 6.39. The Morgan fingerprint density at radius 2 is 1.84 bits per heavy atom. The molecule has 0 fully saturated rings. The number of aryl methyl sites for hydroxylation is 1. The molecule has 0 atom stereocenters. The number of H-pyrrole nitrogens is 1. The SMILES string of the molecule is CCOc1ccc(C(=O)OCC(=O)Nc2cc(C)[nH]n2)cc1OCC. The highest BCUT2D eigenvalue weighted by Gasteiger charge is 2.14. The Bertz CT molecular complexity index is 742. The average Bonchev–Trinajstić information content (AvgIpc) is 2.99. The number of rotatable bonds is 8. The highest BCUT2D eigenvalue weighted by Crippen LogP contribution is 2.28. The second-order valence-corrected chi connectivity index (χ2v) is 5.09. The number of ether oxygens (including phenoxy) is 3. The van der Waals surface area contributed by atoms with Crippen LogP contribution >= 0.6 is 0 Å². The lowest BCUT2D eigenvalue weighted by molar-refractivity contribution is -0.119. The molecule has 1 amide bonds. The lowest BCUT2D eigenvalue weighted by atomic mass is 10.2. The molecule has 1 aromatic carbocycles. The first-order valence-electron chi connectivity index (χ1n) is 7.92. The maximum Gasteiger partial charge on any atom is 0.338 e. The summed E-state index contributed by atoms with van der Waals surface area (Å²) in [5, 5.41) is 9.10. The van der Waals surface area contributed by atoms with Gasteiger partial charge in [0.1, 0.15) is 0 Å². The van der Waals surface area contributed by atoms with Crippen LogP contribution in [0.4, 0.5) is 5.82 Å². The van der Waals surface area contributed by atoms with Crippen molar-refractivity contribution in [3.05, 3.63) is 35.5 Å². The fourth-order valence-corrected chi connectivity index (χ4v) is 2.05. The van der Waals surface area contributed by atoms with E-state index in [4.69, 9.17) is 14.2 Å². The van der Waals surface area contributed by atoms with Crippen LogP contribution in [0.3, 0.4) is 0 Å². The summed E-state index contributed by atoms with van der Waals surface area (Å²) in [6.07, 6.45) is 0. The molecular weight excluding hydrogens is 326 g/mol. The third-order valence-electron chi connectivity index (χ3n) is 3.09. The van der Waals surface area contributed by atoms with Gasteiger partial charge in [0.15, 0.2) is 23.9 Å². The highest BCUT2D eigenvalue weighted by atomic mass is 16.5. The van der Waals surface area contributed by atoms with E-state index in [9.17, 15) is 9.59 Å². The van der Waals surface area contributed by atoms with Gasteiger partial charge in [0, 0.05) is 11.8 Å². The van der Waals surface area contributed by atoms with Crippen LogP contribution in [0, 0.1) is 6.92 Å². The minimum Gasteiger partial charge on any atom is -0.490 e. The molecule has 2 rings (SSSR count). The van der Waals surface area contributed by atoms with Gasteiger partial charge in [-0.1, -0.05) is 0 Å². The lowest BCUT2D eigenvalue weighted by Gasteiger charge is -2.12. The van der Waals surface area contributed by atoms with Crippen molar-refractivity contribution in [2.45, 2.75) is 20.8 Å². The van der Waals surface area contributed by atoms with E-state index in [0.717, 1.165) is 5.69 Å². The second kappa shape index (κ2) is 8.72. The van der Waals surface area contributed by atoms with Gasteiger partial charge in [-0.3, -0.25) is 9.89 Å². The molecule has 2 N–H and O–H groups in total. The number of carbonyl (C=O) groups excluding carboxylic acids is 2. The zero-order chi connectivity index (χ0) is 18.2. The number of esters is 1. The van der Waals surface area contributed by atoms with Gasteiger partial charge in [0.05, 0.1) is 18.8 Å². The Hall–Kier alpha value is -3.03. The van der Waals surface area contributed by atoms with Crippen molar-refractivity contribution in [1.29, 1.82) is 0 Å². The standard InChI is InChI=1S/C17H21N3O5/c1-4-23-13-7-6-12(9-14(13)24-5-2)17(22)25-10-16(21)18-15-8-11(3)19-20-15/h6-9H,4-5,10H2,1-3H3,(H2,18,19,20,21). The van der Waals surface area contributed by atoms with E-state index in [-0.39, 0.29) is 5.56 Å². The van der Waals surface area contributed by atoms with Crippen molar-refractivity contribution in [2.75, 3.05) is 25.1 Å². The molecule has 134 valence electrons. The first-order chi connectivity index (χ1) is 12.0. The molecule has 1 heterocycles. The number of benzene rings is 1. The molecule has 0 saturated heterocycles. The van der Waals surface area contributed by atoms with E-state index in [1.165, 1.54) is 6.07 Å². The summed E-state index contributed by atoms with van der Waals surface area (Å²) >= 11 is 0. The third kappa shape index (κ3) is 5.23. The maximum atomic E-state index is 12.1. The smallest absolute Gasteiger partial charge is 0.338 e. The summed E-state index contributed by atoms with van der Waals surface area (Å²) in [6.45, 7) is 6.01. The van der Waals surface area contributed by atoms with E-state index >= 15 is 0 Å². The van der Waals surface area contributed by atoms with E-state index in [2.05, 4.69) is 15.5 Å². The van der Waals surface area contributed by atoms with Gasteiger partial charge in [-0.2, -0.15) is 5.10 Å². The fraction of sp³-hybridized carbons (Fsp3) is 0.353. The zero-order valence-corrected chi connectivity index (χ0v) is 14.4. The van der Waals surface area contributed by atoms with Gasteiger partial charge in [-0.25, -0.2) is 4.79 Å². The number of hydrogen-bond acceptors (Lipinski definition) is 6. The van der Waals surface area contributed by atoms with Crippen LogP contribution in [0.5, 0.6) is 11.5 Å². The van der Waals surface area contributed by atoms with E-state index in [1.54, 1.807) is 18.2 Å². The molecule has 0 unspecified atom stereocenters. The van der Waals surface area contributed by atoms with Gasteiger partial charge in [0.2, 0.25) is 0 Å². The van der Waals surface area contributed by atoms with E-state index in [0.29, 0.717) is 30.5 Å². The summed E-state index contributed by atoms with van der Waals surface area (Å²) < 4.78 is 15.9. The molecule has 0 aliphatic rings. The van der Waals surface area contributed by atoms with Crippen molar-refractivity contribution in [3.8, 4) is 11.5 Å². The topological polar surface area (TPSA) is 103 Å². The van der Waals surface area contributed by atoms with Gasteiger partial charge in [0.25, 0.3) is 5.91 Å². The summed E-state index contributed by atoms with van der Waals surface area (Å²) in [5.74, 6) is 0.272. The predicted octanol–water partition coefficient (Wildman–Crippen LogP) is 2.31. The number of nitrogens with zero attached hydrogens (tertiary/aromatic N) is 1. The molecule has 0 aliphatic heterocycles. The van der Waals surface area contributed by atoms with Crippen LogP contribution in [-0.2, 0) is 9.53 Å². The Labute approximate surface area is 145 Å². The number of aromatic amines is 1. The molecule has 0 bridgehead atoms. The summed E-state index contributed by atoms with van der Waals surface area (Å²) in [5.41, 5.74) is 1.08. The van der Waals surface area contributed by atoms with Crippen LogP contribution in [0.15, 0.2) is 24.3 Å². The molecule has 0 aliphatic carbocycles. The van der Waals surface area contributed by atoms with Crippen molar-refractivity contribution in [3.63, 3.8) is 0 Å². The first kappa shape index (κ1) is 18.3. The van der Waals surface area contributed by atoms with Gasteiger partial charge in [-0.15, -0.1) is 0 Å². The minimum atomic E-state index is -0.627. The number of carbonyl (C=O) groups is 2. The number of amides is 1. The summed E-state index contributed by atoms with van der Waals surface area (Å²) in [6, 6.07) is 6.40. The average molecular weight is 347 g/mol. The molecule has 8 heteroatoms. The van der Waals surface area contributed by atoms with E-state index in [1.807, 2.05) is 20.8 Å². The van der Waals surface area contributed by atoms with Crippen molar-refractivity contribution >= 4 is 17.7 Å². The molecular formula is C17H21N3O5. The van der Waals surface area contributed by atoms with Crippen molar-refractivity contribution in [2.24, 2.45) is 0 Å². The number of anilines is 1. The van der Waals surface area contributed by atoms with Gasteiger partial charge < -0.3 is 19.5 Å². The summed E-state index contributed by atoms with van der Waals surface area (Å²) in [7, 11) is 0.